The lowest BCUT2D eigenvalue weighted by atomic mass is 10.2. The number of ether oxygens (including phenoxy) is 2. The molecule has 1 unspecified atom stereocenters. The molecule has 0 radical (unpaired) electrons. The lowest BCUT2D eigenvalue weighted by molar-refractivity contribution is 0.0857. The molecule has 0 aromatic heterocycles. The molecule has 1 aromatic rings. The maximum absolute atomic E-state index is 12.0. The average molecular weight is 289 g/mol. The van der Waals surface area contributed by atoms with Crippen LogP contribution in [-0.4, -0.2) is 31.3 Å². The van der Waals surface area contributed by atoms with E-state index in [-0.39, 0.29) is 12.0 Å². The molecular weight excluding hydrogens is 266 g/mol. The van der Waals surface area contributed by atoms with Crippen LogP contribution in [0.4, 0.5) is 0 Å². The third-order valence-corrected chi connectivity index (χ3v) is 4.24. The Bertz CT molecular complexity index is 459. The van der Waals surface area contributed by atoms with Crippen molar-refractivity contribution in [3.8, 4) is 5.75 Å². The maximum atomic E-state index is 12.0. The van der Waals surface area contributed by atoms with Crippen LogP contribution in [-0.2, 0) is 4.74 Å². The summed E-state index contributed by atoms with van der Waals surface area (Å²) in [6, 6.07) is 7.43. The van der Waals surface area contributed by atoms with Gasteiger partial charge >= 0.3 is 0 Å². The minimum atomic E-state index is -0.0436. The molecule has 1 N–H and O–H groups in total. The van der Waals surface area contributed by atoms with Gasteiger partial charge in [-0.3, -0.25) is 4.79 Å². The Morgan fingerprint density at radius 1 is 1.14 bits per heavy atom. The number of carbonyl (C=O) groups excluding carboxylic acids is 1. The zero-order valence-corrected chi connectivity index (χ0v) is 12.3. The molecule has 4 nitrogen and oxygen atoms in total. The van der Waals surface area contributed by atoms with Gasteiger partial charge in [0.25, 0.3) is 5.91 Å². The molecule has 0 bridgehead atoms. The van der Waals surface area contributed by atoms with Gasteiger partial charge in [0.2, 0.25) is 0 Å². The van der Waals surface area contributed by atoms with Crippen molar-refractivity contribution in [2.24, 2.45) is 0 Å². The number of amides is 1. The molecular formula is C17H23NO3. The molecule has 4 heteroatoms. The topological polar surface area (TPSA) is 47.6 Å². The van der Waals surface area contributed by atoms with Crippen LogP contribution in [0.5, 0.6) is 5.75 Å². The number of carbonyl (C=O) groups is 1. The molecule has 2 aliphatic rings. The first kappa shape index (κ1) is 14.4. The van der Waals surface area contributed by atoms with Gasteiger partial charge < -0.3 is 14.8 Å². The summed E-state index contributed by atoms with van der Waals surface area (Å²) in [7, 11) is 0. The second-order valence-electron chi connectivity index (χ2n) is 5.89. The van der Waals surface area contributed by atoms with Crippen molar-refractivity contribution in [2.45, 2.75) is 50.7 Å². The predicted octanol–water partition coefficient (Wildman–Crippen LogP) is 2.92. The first-order chi connectivity index (χ1) is 10.3. The lowest BCUT2D eigenvalue weighted by Crippen LogP contribution is -2.31. The van der Waals surface area contributed by atoms with E-state index in [2.05, 4.69) is 5.32 Å². The van der Waals surface area contributed by atoms with E-state index in [1.807, 2.05) is 24.3 Å². The fraction of sp³-hybridized carbons (Fsp3) is 0.588. The number of hydrogen-bond donors (Lipinski definition) is 1. The van der Waals surface area contributed by atoms with E-state index < -0.39 is 0 Å². The molecule has 1 heterocycles. The highest BCUT2D eigenvalue weighted by atomic mass is 16.5. The summed E-state index contributed by atoms with van der Waals surface area (Å²) in [5.74, 6) is 0.815. The lowest BCUT2D eigenvalue weighted by Gasteiger charge is -2.14. The van der Waals surface area contributed by atoms with Gasteiger partial charge in [0.15, 0.2) is 0 Å². The molecule has 3 rings (SSSR count). The highest BCUT2D eigenvalue weighted by Crippen LogP contribution is 2.24. The van der Waals surface area contributed by atoms with E-state index >= 15 is 0 Å². The van der Waals surface area contributed by atoms with E-state index in [1.54, 1.807) is 0 Å². The van der Waals surface area contributed by atoms with Gasteiger partial charge in [0.05, 0.1) is 12.2 Å². The van der Waals surface area contributed by atoms with E-state index in [1.165, 1.54) is 12.8 Å². The van der Waals surface area contributed by atoms with E-state index in [0.29, 0.717) is 18.2 Å². The fourth-order valence-corrected chi connectivity index (χ4v) is 3.00. The van der Waals surface area contributed by atoms with Crippen LogP contribution in [0.25, 0.3) is 0 Å². The number of nitrogens with one attached hydrogen (secondary N) is 1. The van der Waals surface area contributed by atoms with Crippen molar-refractivity contribution in [2.75, 3.05) is 13.2 Å². The predicted molar refractivity (Wildman–Crippen MR) is 80.6 cm³/mol. The van der Waals surface area contributed by atoms with E-state index in [9.17, 15) is 4.79 Å². The number of benzene rings is 1. The highest BCUT2D eigenvalue weighted by Gasteiger charge is 2.18. The molecule has 1 aliphatic heterocycles. The molecule has 21 heavy (non-hydrogen) atoms. The van der Waals surface area contributed by atoms with Gasteiger partial charge in [0.1, 0.15) is 5.75 Å². The van der Waals surface area contributed by atoms with Crippen molar-refractivity contribution >= 4 is 5.91 Å². The normalized spacial score (nSPS) is 22.4. The van der Waals surface area contributed by atoms with Crippen molar-refractivity contribution in [1.29, 1.82) is 0 Å². The number of rotatable bonds is 5. The quantitative estimate of drug-likeness (QED) is 0.906. The summed E-state index contributed by atoms with van der Waals surface area (Å²) < 4.78 is 11.4. The zero-order valence-electron chi connectivity index (χ0n) is 12.3. The van der Waals surface area contributed by atoms with Crippen LogP contribution in [0, 0.1) is 0 Å². The Kier molecular flexibility index (Phi) is 4.76. The van der Waals surface area contributed by atoms with Gasteiger partial charge in [-0.15, -0.1) is 0 Å². The molecule has 0 spiro atoms. The zero-order chi connectivity index (χ0) is 14.5. The standard InChI is InChI=1S/C17H23NO3/c19-17(18-12-16-6-3-11-20-16)13-7-9-15(10-8-13)21-14-4-1-2-5-14/h7-10,14,16H,1-6,11-12H2,(H,18,19). The van der Waals surface area contributed by atoms with E-state index in [4.69, 9.17) is 9.47 Å². The van der Waals surface area contributed by atoms with Crippen molar-refractivity contribution in [3.63, 3.8) is 0 Å². The molecule has 1 aromatic carbocycles. The van der Waals surface area contributed by atoms with Crippen LogP contribution in [0.1, 0.15) is 48.9 Å². The summed E-state index contributed by atoms with van der Waals surface area (Å²) in [6.07, 6.45) is 7.46. The summed E-state index contributed by atoms with van der Waals surface area (Å²) >= 11 is 0. The van der Waals surface area contributed by atoms with Crippen molar-refractivity contribution in [1.82, 2.24) is 5.32 Å². The molecule has 1 aliphatic carbocycles. The Hall–Kier alpha value is -1.55. The second kappa shape index (κ2) is 6.94. The molecule has 1 atom stereocenters. The Labute approximate surface area is 125 Å². The van der Waals surface area contributed by atoms with Gasteiger partial charge in [-0.25, -0.2) is 0 Å². The summed E-state index contributed by atoms with van der Waals surface area (Å²) in [5.41, 5.74) is 0.673. The summed E-state index contributed by atoms with van der Waals surface area (Å²) in [5, 5.41) is 2.93. The van der Waals surface area contributed by atoms with Crippen molar-refractivity contribution in [3.05, 3.63) is 29.8 Å². The molecule has 114 valence electrons. The fourth-order valence-electron chi connectivity index (χ4n) is 3.00. The van der Waals surface area contributed by atoms with Crippen LogP contribution in [0.15, 0.2) is 24.3 Å². The van der Waals surface area contributed by atoms with E-state index in [0.717, 1.165) is 38.0 Å². The molecule has 2 fully saturated rings. The van der Waals surface area contributed by atoms with Crippen molar-refractivity contribution < 1.29 is 14.3 Å². The minimum Gasteiger partial charge on any atom is -0.490 e. The summed E-state index contributed by atoms with van der Waals surface area (Å²) in [4.78, 5) is 12.0. The van der Waals surface area contributed by atoms with Crippen LogP contribution in [0.3, 0.4) is 0 Å². The van der Waals surface area contributed by atoms with Crippen LogP contribution < -0.4 is 10.1 Å². The molecule has 1 saturated heterocycles. The molecule has 1 amide bonds. The monoisotopic (exact) mass is 289 g/mol. The Morgan fingerprint density at radius 2 is 1.90 bits per heavy atom. The second-order valence-corrected chi connectivity index (χ2v) is 5.89. The molecule has 1 saturated carbocycles. The SMILES string of the molecule is O=C(NCC1CCCO1)c1ccc(OC2CCCC2)cc1. The Morgan fingerprint density at radius 3 is 2.57 bits per heavy atom. The average Bonchev–Trinajstić information content (AvgIpc) is 3.19. The first-order valence-electron chi connectivity index (χ1n) is 7.98. The third kappa shape index (κ3) is 3.97. The largest absolute Gasteiger partial charge is 0.490 e. The third-order valence-electron chi connectivity index (χ3n) is 4.24. The van der Waals surface area contributed by atoms with Gasteiger partial charge in [-0.2, -0.15) is 0 Å². The Balaban J connectivity index is 1.49. The first-order valence-corrected chi connectivity index (χ1v) is 7.98. The van der Waals surface area contributed by atoms with Gasteiger partial charge in [-0.05, 0) is 62.8 Å². The number of hydrogen-bond acceptors (Lipinski definition) is 3. The van der Waals surface area contributed by atoms with Gasteiger partial charge in [0, 0.05) is 18.7 Å². The maximum Gasteiger partial charge on any atom is 0.251 e. The van der Waals surface area contributed by atoms with Crippen LogP contribution >= 0.6 is 0 Å². The van der Waals surface area contributed by atoms with Gasteiger partial charge in [-0.1, -0.05) is 0 Å². The smallest absolute Gasteiger partial charge is 0.251 e. The van der Waals surface area contributed by atoms with Crippen LogP contribution in [0.2, 0.25) is 0 Å². The highest BCUT2D eigenvalue weighted by molar-refractivity contribution is 5.94. The summed E-state index contributed by atoms with van der Waals surface area (Å²) in [6.45, 7) is 1.41. The minimum absolute atomic E-state index is 0.0436.